The van der Waals surface area contributed by atoms with Gasteiger partial charge >= 0.3 is 0 Å². The van der Waals surface area contributed by atoms with Crippen molar-refractivity contribution in [1.82, 2.24) is 9.78 Å². The quantitative estimate of drug-likeness (QED) is 0.751. The number of rotatable bonds is 3. The van der Waals surface area contributed by atoms with Crippen LogP contribution in [0.4, 0.5) is 0 Å². The number of halogens is 1. The second kappa shape index (κ2) is 3.74. The van der Waals surface area contributed by atoms with Gasteiger partial charge in [0.2, 0.25) is 0 Å². The summed E-state index contributed by atoms with van der Waals surface area (Å²) < 4.78 is 1.85. The second-order valence-electron chi connectivity index (χ2n) is 2.37. The molecule has 0 aliphatic rings. The molecule has 0 aromatic carbocycles. The summed E-state index contributed by atoms with van der Waals surface area (Å²) in [4.78, 5) is 0. The van der Waals surface area contributed by atoms with E-state index in [1.165, 1.54) is 0 Å². The minimum atomic E-state index is 0.457. The van der Waals surface area contributed by atoms with Crippen LogP contribution in [0.15, 0.2) is 6.20 Å². The minimum absolute atomic E-state index is 0.457. The van der Waals surface area contributed by atoms with Gasteiger partial charge in [0.05, 0.1) is 16.9 Å². The largest absolute Gasteiger partial charge is 0.325 e. The molecule has 0 bridgehead atoms. The molecule has 0 amide bonds. The molecule has 4 heteroatoms. The Morgan fingerprint density at radius 3 is 3.00 bits per heavy atom. The van der Waals surface area contributed by atoms with E-state index >= 15 is 0 Å². The fourth-order valence-electron chi connectivity index (χ4n) is 0.995. The Labute approximate surface area is 71.1 Å². The Kier molecular flexibility index (Phi) is 2.91. The first-order valence-corrected chi connectivity index (χ1v) is 4.07. The number of aryl methyl sites for hydroxylation is 1. The lowest BCUT2D eigenvalue weighted by Crippen LogP contribution is -2.08. The lowest BCUT2D eigenvalue weighted by Gasteiger charge is -2.02. The van der Waals surface area contributed by atoms with Crippen LogP contribution < -0.4 is 5.73 Å². The number of nitrogens with zero attached hydrogens (tertiary/aromatic N) is 2. The van der Waals surface area contributed by atoms with Crippen molar-refractivity contribution in [2.75, 3.05) is 0 Å². The highest BCUT2D eigenvalue weighted by atomic mass is 35.5. The highest BCUT2D eigenvalue weighted by Crippen LogP contribution is 2.13. The normalized spacial score (nSPS) is 10.5. The lowest BCUT2D eigenvalue weighted by molar-refractivity contribution is 0.575. The van der Waals surface area contributed by atoms with Gasteiger partial charge in [0.25, 0.3) is 0 Å². The summed E-state index contributed by atoms with van der Waals surface area (Å²) in [5.74, 6) is 0. The smallest absolute Gasteiger partial charge is 0.0831 e. The summed E-state index contributed by atoms with van der Waals surface area (Å²) in [7, 11) is 0. The van der Waals surface area contributed by atoms with Crippen molar-refractivity contribution in [2.45, 2.75) is 26.4 Å². The van der Waals surface area contributed by atoms with Crippen LogP contribution in [0.1, 0.15) is 19.0 Å². The Bertz CT molecular complexity index is 232. The van der Waals surface area contributed by atoms with Gasteiger partial charge in [-0.25, -0.2) is 0 Å². The van der Waals surface area contributed by atoms with E-state index in [1.54, 1.807) is 6.20 Å². The van der Waals surface area contributed by atoms with Crippen LogP contribution >= 0.6 is 11.6 Å². The van der Waals surface area contributed by atoms with Gasteiger partial charge in [0, 0.05) is 13.1 Å². The van der Waals surface area contributed by atoms with Crippen LogP contribution in [-0.2, 0) is 13.1 Å². The Morgan fingerprint density at radius 2 is 2.45 bits per heavy atom. The molecule has 62 valence electrons. The third-order valence-electron chi connectivity index (χ3n) is 1.53. The van der Waals surface area contributed by atoms with Crippen LogP contribution in [0.3, 0.4) is 0 Å². The van der Waals surface area contributed by atoms with Crippen molar-refractivity contribution in [3.05, 3.63) is 16.9 Å². The van der Waals surface area contributed by atoms with E-state index in [1.807, 2.05) is 4.68 Å². The van der Waals surface area contributed by atoms with Crippen molar-refractivity contribution < 1.29 is 0 Å². The van der Waals surface area contributed by atoms with Crippen molar-refractivity contribution in [3.8, 4) is 0 Å². The lowest BCUT2D eigenvalue weighted by atomic mass is 10.4. The van der Waals surface area contributed by atoms with Crippen LogP contribution in [0, 0.1) is 0 Å². The van der Waals surface area contributed by atoms with Gasteiger partial charge in [0.15, 0.2) is 0 Å². The number of nitrogens with two attached hydrogens (primary N) is 1. The zero-order chi connectivity index (χ0) is 8.27. The van der Waals surface area contributed by atoms with E-state index in [9.17, 15) is 0 Å². The van der Waals surface area contributed by atoms with E-state index in [-0.39, 0.29) is 0 Å². The zero-order valence-corrected chi connectivity index (χ0v) is 7.30. The number of aromatic nitrogens is 2. The highest BCUT2D eigenvalue weighted by Gasteiger charge is 2.04. The summed E-state index contributed by atoms with van der Waals surface area (Å²) in [5, 5.41) is 4.75. The maximum atomic E-state index is 5.82. The first-order valence-electron chi connectivity index (χ1n) is 3.69. The molecule has 1 aromatic rings. The summed E-state index contributed by atoms with van der Waals surface area (Å²) in [6.07, 6.45) is 2.68. The number of hydrogen-bond acceptors (Lipinski definition) is 2. The summed E-state index contributed by atoms with van der Waals surface area (Å²) in [6.45, 7) is 3.44. The van der Waals surface area contributed by atoms with Gasteiger partial charge in [-0.3, -0.25) is 4.68 Å². The molecule has 2 N–H and O–H groups in total. The Balaban J connectivity index is 2.86. The molecule has 0 aliphatic heterocycles. The first-order chi connectivity index (χ1) is 5.29. The predicted octanol–water partition coefficient (Wildman–Crippen LogP) is 1.41. The van der Waals surface area contributed by atoms with Crippen LogP contribution in [0.5, 0.6) is 0 Å². The van der Waals surface area contributed by atoms with Crippen LogP contribution in [-0.4, -0.2) is 9.78 Å². The first kappa shape index (κ1) is 8.56. The minimum Gasteiger partial charge on any atom is -0.325 e. The average molecular weight is 174 g/mol. The van der Waals surface area contributed by atoms with Gasteiger partial charge in [-0.05, 0) is 6.42 Å². The molecule has 0 spiro atoms. The third kappa shape index (κ3) is 1.73. The molecule has 0 saturated carbocycles. The molecule has 1 aromatic heterocycles. The van der Waals surface area contributed by atoms with Crippen molar-refractivity contribution in [2.24, 2.45) is 5.73 Å². The number of hydrogen-bond donors (Lipinski definition) is 1. The zero-order valence-electron chi connectivity index (χ0n) is 6.55. The molecule has 1 rings (SSSR count). The molecule has 0 radical (unpaired) electrons. The maximum absolute atomic E-state index is 5.82. The van der Waals surface area contributed by atoms with Crippen molar-refractivity contribution in [3.63, 3.8) is 0 Å². The molecule has 3 nitrogen and oxygen atoms in total. The molecular formula is C7H12ClN3. The van der Waals surface area contributed by atoms with Gasteiger partial charge in [-0.15, -0.1) is 0 Å². The Morgan fingerprint density at radius 1 is 1.73 bits per heavy atom. The van der Waals surface area contributed by atoms with E-state index in [0.29, 0.717) is 11.6 Å². The van der Waals surface area contributed by atoms with E-state index in [4.69, 9.17) is 17.3 Å². The summed E-state index contributed by atoms with van der Waals surface area (Å²) in [6, 6.07) is 0. The molecule has 0 unspecified atom stereocenters. The van der Waals surface area contributed by atoms with Gasteiger partial charge in [-0.2, -0.15) is 5.10 Å². The third-order valence-corrected chi connectivity index (χ3v) is 1.84. The molecule has 11 heavy (non-hydrogen) atoms. The van der Waals surface area contributed by atoms with E-state index in [2.05, 4.69) is 12.0 Å². The van der Waals surface area contributed by atoms with E-state index < -0.39 is 0 Å². The van der Waals surface area contributed by atoms with Crippen molar-refractivity contribution in [1.29, 1.82) is 0 Å². The van der Waals surface area contributed by atoms with Crippen molar-refractivity contribution >= 4 is 11.6 Å². The fourth-order valence-corrected chi connectivity index (χ4v) is 1.21. The molecule has 0 saturated heterocycles. The van der Waals surface area contributed by atoms with E-state index in [0.717, 1.165) is 18.7 Å². The highest BCUT2D eigenvalue weighted by molar-refractivity contribution is 6.31. The molecule has 1 heterocycles. The maximum Gasteiger partial charge on any atom is 0.0831 e. The van der Waals surface area contributed by atoms with Gasteiger partial charge < -0.3 is 5.73 Å². The topological polar surface area (TPSA) is 43.8 Å². The van der Waals surface area contributed by atoms with Crippen LogP contribution in [0.25, 0.3) is 0 Å². The monoisotopic (exact) mass is 173 g/mol. The van der Waals surface area contributed by atoms with Gasteiger partial charge in [-0.1, -0.05) is 18.5 Å². The molecule has 0 fully saturated rings. The SMILES string of the molecule is CCCn1ncc(Cl)c1CN. The summed E-state index contributed by atoms with van der Waals surface area (Å²) in [5.41, 5.74) is 6.41. The van der Waals surface area contributed by atoms with Crippen LogP contribution in [0.2, 0.25) is 5.02 Å². The molecule has 0 atom stereocenters. The second-order valence-corrected chi connectivity index (χ2v) is 2.77. The fraction of sp³-hybridized carbons (Fsp3) is 0.571. The standard InChI is InChI=1S/C7H12ClN3/c1-2-3-11-7(4-9)6(8)5-10-11/h5H,2-4,9H2,1H3. The van der Waals surface area contributed by atoms with Gasteiger partial charge in [0.1, 0.15) is 0 Å². The molecule has 0 aliphatic carbocycles. The predicted molar refractivity (Wildman–Crippen MR) is 45.4 cm³/mol. The Hall–Kier alpha value is -0.540. The average Bonchev–Trinajstić information content (AvgIpc) is 2.33. The molecular weight excluding hydrogens is 162 g/mol. The summed E-state index contributed by atoms with van der Waals surface area (Å²) >= 11 is 5.82.